The van der Waals surface area contributed by atoms with Crippen molar-refractivity contribution in [1.82, 2.24) is 0 Å². The van der Waals surface area contributed by atoms with Gasteiger partial charge in [0.25, 0.3) is 0 Å². The van der Waals surface area contributed by atoms with Crippen LogP contribution in [0, 0.1) is 11.8 Å². The van der Waals surface area contributed by atoms with Crippen molar-refractivity contribution >= 4 is 48.1 Å². The van der Waals surface area contributed by atoms with Crippen LogP contribution in [-0.2, 0) is 46.5 Å². The van der Waals surface area contributed by atoms with E-state index in [-0.39, 0.29) is 0 Å². The fraction of sp³-hybridized carbons (Fsp3) is 0.318. The Labute approximate surface area is 312 Å². The molecule has 0 atom stereocenters. The Balaban J connectivity index is 0.000000224. The minimum absolute atomic E-state index is 0.672. The molecule has 0 saturated heterocycles. The summed E-state index contributed by atoms with van der Waals surface area (Å²) in [7, 11) is 11.0. The van der Waals surface area contributed by atoms with E-state index in [0.717, 1.165) is 35.2 Å². The van der Waals surface area contributed by atoms with Crippen molar-refractivity contribution in [2.45, 2.75) is 80.3 Å². The number of halogens is 2. The van der Waals surface area contributed by atoms with Crippen LogP contribution in [0.3, 0.4) is 0 Å². The molecule has 0 saturated carbocycles. The second-order valence-electron chi connectivity index (χ2n) is 13.1. The van der Waals surface area contributed by atoms with Gasteiger partial charge < -0.3 is 0 Å². The number of rotatable bonds is 8. The van der Waals surface area contributed by atoms with Crippen LogP contribution in [0.15, 0.2) is 109 Å². The molecule has 250 valence electrons. The van der Waals surface area contributed by atoms with Gasteiger partial charge in [-0.05, 0) is 48.6 Å². The number of hydrogen-bond acceptors (Lipinski definition) is 0. The van der Waals surface area contributed by atoms with Gasteiger partial charge in [-0.2, -0.15) is 12.1 Å². The Kier molecular flexibility index (Phi) is 17.7. The van der Waals surface area contributed by atoms with Gasteiger partial charge in [-0.3, -0.25) is 0 Å². The van der Waals surface area contributed by atoms with Gasteiger partial charge in [0.05, 0.1) is 0 Å². The minimum atomic E-state index is -0.826. The molecule has 6 aromatic carbocycles. The van der Waals surface area contributed by atoms with Gasteiger partial charge in [0.2, 0.25) is 0 Å². The molecule has 2 radical (unpaired) electrons. The summed E-state index contributed by atoms with van der Waals surface area (Å²) in [4.78, 5) is 0. The molecular weight excluding hydrogens is 719 g/mol. The van der Waals surface area contributed by atoms with E-state index in [0.29, 0.717) is 11.8 Å². The Morgan fingerprint density at radius 1 is 0.583 bits per heavy atom. The van der Waals surface area contributed by atoms with E-state index >= 15 is 0 Å². The molecule has 6 rings (SSSR count). The second kappa shape index (κ2) is 21.1. The van der Waals surface area contributed by atoms with E-state index in [1.807, 2.05) is 0 Å². The van der Waals surface area contributed by atoms with Crippen molar-refractivity contribution in [2.24, 2.45) is 11.8 Å². The van der Waals surface area contributed by atoms with E-state index in [9.17, 15) is 0 Å². The first-order valence-corrected chi connectivity index (χ1v) is 25.6. The molecule has 4 heteroatoms. The normalized spacial score (nSPS) is 10.6. The Hall–Kier alpha value is -2.22. The first-order valence-electron chi connectivity index (χ1n) is 17.3. The van der Waals surface area contributed by atoms with Crippen molar-refractivity contribution in [2.75, 3.05) is 0 Å². The first kappa shape index (κ1) is 40.2. The predicted molar refractivity (Wildman–Crippen MR) is 215 cm³/mol. The molecule has 0 N–H and O–H groups in total. The van der Waals surface area contributed by atoms with E-state index in [1.165, 1.54) is 66.1 Å². The molecule has 0 amide bonds. The first-order chi connectivity index (χ1) is 23.2. The topological polar surface area (TPSA) is 0 Å². The molecule has 0 heterocycles. The fourth-order valence-electron chi connectivity index (χ4n) is 6.30. The van der Waals surface area contributed by atoms with Crippen LogP contribution < -0.4 is 0 Å². The van der Waals surface area contributed by atoms with E-state index in [4.69, 9.17) is 17.0 Å². The zero-order valence-corrected chi connectivity index (χ0v) is 35.1. The van der Waals surface area contributed by atoms with Gasteiger partial charge in [-0.25, -0.2) is 0 Å². The van der Waals surface area contributed by atoms with Gasteiger partial charge >= 0.3 is 37.9 Å². The van der Waals surface area contributed by atoms with Crippen LogP contribution in [0.25, 0.3) is 43.8 Å². The van der Waals surface area contributed by atoms with Gasteiger partial charge in [0, 0.05) is 9.52 Å². The summed E-state index contributed by atoms with van der Waals surface area (Å²) in [6.45, 7) is 17.9. The predicted octanol–water partition coefficient (Wildman–Crippen LogP) is 14.1. The van der Waals surface area contributed by atoms with Gasteiger partial charge in [0.15, 0.2) is 0 Å². The standard InChI is InChI=1S/2C21H23.C2H6Si.2ClH.Zr/c2*1-4-16-13-18-10-11-19(12-15(2)3)21(20(18)14-16)17-8-6-5-7-9-17;1-3-2;;;/h2*5-11,13-15H,4,12H2,1-3H3;1-2H3;2*1H;/q2*-1;;;;+4/p-2. The molecule has 0 spiro atoms. The molecule has 0 fully saturated rings. The van der Waals surface area contributed by atoms with Gasteiger partial charge in [0.1, 0.15) is 0 Å². The monoisotopic (exact) mass is 768 g/mol. The van der Waals surface area contributed by atoms with Crippen molar-refractivity contribution in [1.29, 1.82) is 0 Å². The summed E-state index contributed by atoms with van der Waals surface area (Å²) in [5.41, 5.74) is 11.4. The maximum absolute atomic E-state index is 4.93. The summed E-state index contributed by atoms with van der Waals surface area (Å²) in [5.74, 6) is 1.34. The summed E-state index contributed by atoms with van der Waals surface area (Å²) in [6, 6.07) is 40.3. The maximum atomic E-state index is 4.93. The molecule has 0 nitrogen and oxygen atoms in total. The third kappa shape index (κ3) is 11.4. The molecule has 0 unspecified atom stereocenters. The molecular formula is C44H52Cl2SiZr. The number of hydrogen-bond donors (Lipinski definition) is 0. The number of aryl methyl sites for hydroxylation is 2. The molecule has 0 aromatic heterocycles. The molecule has 0 aliphatic rings. The van der Waals surface area contributed by atoms with Crippen LogP contribution in [0.4, 0.5) is 0 Å². The SMILES string of the molecule is CCc1cc2c(-c3ccccc3)c(CC(C)C)ccc2[cH-]1.CCc1cc2c(-c3ccccc3)c(CC(C)C)ccc2[cH-]1.C[Si]C.[Cl][Zr+2][Cl]. The molecule has 0 aliphatic carbocycles. The number of benzene rings is 4. The zero-order valence-electron chi connectivity index (χ0n) is 30.1. The Bertz CT molecular complexity index is 1650. The molecule has 0 bridgehead atoms. The fourth-order valence-corrected chi connectivity index (χ4v) is 6.30. The van der Waals surface area contributed by atoms with Gasteiger partial charge in [-0.1, -0.05) is 138 Å². The number of fused-ring (bicyclic) bond motifs is 2. The van der Waals surface area contributed by atoms with Crippen LogP contribution in [0.1, 0.15) is 63.8 Å². The third-order valence-electron chi connectivity index (χ3n) is 8.27. The van der Waals surface area contributed by atoms with E-state index in [1.54, 1.807) is 0 Å². The molecule has 6 aromatic rings. The summed E-state index contributed by atoms with van der Waals surface area (Å²) in [6.07, 6.45) is 4.46. The van der Waals surface area contributed by atoms with E-state index < -0.39 is 20.8 Å². The average Bonchev–Trinajstić information content (AvgIpc) is 3.70. The van der Waals surface area contributed by atoms with E-state index in [2.05, 4.69) is 164 Å². The van der Waals surface area contributed by atoms with Crippen molar-refractivity contribution in [3.63, 3.8) is 0 Å². The molecule has 48 heavy (non-hydrogen) atoms. The molecule has 0 aliphatic heterocycles. The van der Waals surface area contributed by atoms with Gasteiger partial charge in [-0.15, -0.1) is 69.1 Å². The Morgan fingerprint density at radius 2 is 0.917 bits per heavy atom. The summed E-state index contributed by atoms with van der Waals surface area (Å²) < 4.78 is 0. The summed E-state index contributed by atoms with van der Waals surface area (Å²) >= 11 is -0.826. The Morgan fingerprint density at radius 3 is 1.21 bits per heavy atom. The van der Waals surface area contributed by atoms with Crippen LogP contribution in [0.2, 0.25) is 13.1 Å². The third-order valence-corrected chi connectivity index (χ3v) is 8.27. The zero-order chi connectivity index (χ0) is 35.1. The van der Waals surface area contributed by atoms with Crippen LogP contribution in [0.5, 0.6) is 0 Å². The van der Waals surface area contributed by atoms with Crippen molar-refractivity contribution in [3.05, 3.63) is 131 Å². The van der Waals surface area contributed by atoms with Crippen molar-refractivity contribution in [3.8, 4) is 22.3 Å². The summed E-state index contributed by atoms with van der Waals surface area (Å²) in [5, 5.41) is 5.57. The van der Waals surface area contributed by atoms with Crippen LogP contribution >= 0.6 is 17.0 Å². The van der Waals surface area contributed by atoms with Crippen molar-refractivity contribution < 1.29 is 20.8 Å². The van der Waals surface area contributed by atoms with Crippen LogP contribution in [-0.4, -0.2) is 9.52 Å². The average molecular weight is 771 g/mol. The second-order valence-corrected chi connectivity index (χ2v) is 17.9. The quantitative estimate of drug-likeness (QED) is 0.107.